The van der Waals surface area contributed by atoms with Crippen molar-refractivity contribution in [3.63, 3.8) is 0 Å². The van der Waals surface area contributed by atoms with Crippen LogP contribution in [0.5, 0.6) is 0 Å². The molecular weight excluding hydrogens is 294 g/mol. The molecule has 0 spiro atoms. The Morgan fingerprint density at radius 3 is 1.33 bits per heavy atom. The van der Waals surface area contributed by atoms with Gasteiger partial charge >= 0.3 is 36.9 Å². The van der Waals surface area contributed by atoms with Crippen LogP contribution in [0.2, 0.25) is 0 Å². The van der Waals surface area contributed by atoms with Crippen LogP contribution in [0.25, 0.3) is 0 Å². The van der Waals surface area contributed by atoms with Crippen LogP contribution in [-0.2, 0) is 27.8 Å². The molecule has 0 atom stereocenters. The fraction of sp³-hybridized carbons (Fsp3) is 1.00. The van der Waals surface area contributed by atoms with E-state index in [0.29, 0.717) is 19.8 Å². The van der Waals surface area contributed by atoms with E-state index in [4.69, 9.17) is 13.6 Å². The minimum atomic E-state index is -1.06. The Balaban J connectivity index is 0. The zero-order chi connectivity index (χ0) is 9.82. The van der Waals surface area contributed by atoms with Gasteiger partial charge in [-0.2, -0.15) is 0 Å². The molecule has 6 heteroatoms. The van der Waals surface area contributed by atoms with Gasteiger partial charge in [-0.1, -0.05) is 0 Å². The molecule has 0 saturated heterocycles. The van der Waals surface area contributed by atoms with Crippen LogP contribution in [0.4, 0.5) is 0 Å². The van der Waals surface area contributed by atoms with Gasteiger partial charge in [-0.3, -0.25) is 0 Å². The van der Waals surface area contributed by atoms with Gasteiger partial charge in [0.05, 0.1) is 19.8 Å². The van der Waals surface area contributed by atoms with Gasteiger partial charge in [-0.25, -0.2) is 0 Å². The van der Waals surface area contributed by atoms with E-state index in [-0.39, 0.29) is 0 Å². The average molecular weight is 310 g/mol. The maximum absolute atomic E-state index is 5.14. The first-order valence-electron chi connectivity index (χ1n) is 3.65. The van der Waals surface area contributed by atoms with Crippen molar-refractivity contribution in [2.75, 3.05) is 19.8 Å². The van der Waals surface area contributed by atoms with Gasteiger partial charge in [-0.05, 0) is 20.8 Å². The van der Waals surface area contributed by atoms with Gasteiger partial charge in [0.1, 0.15) is 0 Å². The number of rotatable bonds is 6. The predicted octanol–water partition coefficient (Wildman–Crippen LogP) is 3.17. The summed E-state index contributed by atoms with van der Waals surface area (Å²) in [5.74, 6) is 0. The normalized spacial score (nSPS) is 9.58. The summed E-state index contributed by atoms with van der Waals surface area (Å²) in [4.78, 5) is 0. The van der Waals surface area contributed by atoms with Crippen molar-refractivity contribution in [3.05, 3.63) is 0 Å². The summed E-state index contributed by atoms with van der Waals surface area (Å²) in [6.07, 6.45) is 0. The van der Waals surface area contributed by atoms with Crippen LogP contribution in [-0.4, -0.2) is 19.8 Å². The molecular formula is C6H15BrCuO3P. The average Bonchev–Trinajstić information content (AvgIpc) is 2.10. The van der Waals surface area contributed by atoms with Crippen molar-refractivity contribution in [2.24, 2.45) is 0 Å². The van der Waals surface area contributed by atoms with Crippen LogP contribution in [0.1, 0.15) is 20.8 Å². The Hall–Kier alpha value is 1.31. The Labute approximate surface area is 91.0 Å². The molecule has 0 bridgehead atoms. The van der Waals surface area contributed by atoms with Gasteiger partial charge in [0.15, 0.2) is 0 Å². The van der Waals surface area contributed by atoms with E-state index in [1.165, 1.54) is 0 Å². The molecule has 0 N–H and O–H groups in total. The zero-order valence-electron chi connectivity index (χ0n) is 7.47. The summed E-state index contributed by atoms with van der Waals surface area (Å²) in [6, 6.07) is 0. The summed E-state index contributed by atoms with van der Waals surface area (Å²) in [7, 11) is -1.06. The molecule has 12 heavy (non-hydrogen) atoms. The van der Waals surface area contributed by atoms with Crippen LogP contribution < -0.4 is 0 Å². The summed E-state index contributed by atoms with van der Waals surface area (Å²) < 4.78 is 15.4. The molecule has 0 aromatic rings. The van der Waals surface area contributed by atoms with Crippen LogP contribution >= 0.6 is 22.7 Å². The molecule has 0 aromatic carbocycles. The SMILES string of the molecule is CCOP(OCC)OCC.[Cu][Br]. The summed E-state index contributed by atoms with van der Waals surface area (Å²) in [5, 5.41) is 0. The van der Waals surface area contributed by atoms with Crippen LogP contribution in [0, 0.1) is 0 Å². The minimum absolute atomic E-state index is 0.645. The molecule has 0 heterocycles. The van der Waals surface area contributed by atoms with Crippen LogP contribution in [0.15, 0.2) is 0 Å². The fourth-order valence-corrected chi connectivity index (χ4v) is 1.28. The van der Waals surface area contributed by atoms with Gasteiger partial charge < -0.3 is 13.6 Å². The molecule has 0 aliphatic carbocycles. The predicted molar refractivity (Wildman–Crippen MR) is 50.7 cm³/mol. The molecule has 80 valence electrons. The third-order valence-electron chi connectivity index (χ3n) is 0.704. The monoisotopic (exact) mass is 308 g/mol. The molecule has 0 fully saturated rings. The molecule has 3 nitrogen and oxygen atoms in total. The number of halogens is 1. The van der Waals surface area contributed by atoms with Crippen molar-refractivity contribution in [3.8, 4) is 0 Å². The van der Waals surface area contributed by atoms with E-state index >= 15 is 0 Å². The summed E-state index contributed by atoms with van der Waals surface area (Å²) in [5.41, 5.74) is 0. The van der Waals surface area contributed by atoms with Crippen molar-refractivity contribution < 1.29 is 27.8 Å². The third-order valence-corrected chi connectivity index (χ3v) is 2.11. The molecule has 0 saturated carbocycles. The molecule has 0 aromatic heterocycles. The van der Waals surface area contributed by atoms with E-state index in [2.05, 4.69) is 28.3 Å². The molecule has 0 rings (SSSR count). The molecule has 0 unspecified atom stereocenters. The first-order valence-corrected chi connectivity index (χ1v) is 7.07. The number of hydrogen-bond acceptors (Lipinski definition) is 3. The first kappa shape index (κ1) is 15.8. The maximum atomic E-state index is 5.14. The van der Waals surface area contributed by atoms with Gasteiger partial charge in [0.25, 0.3) is 0 Å². The van der Waals surface area contributed by atoms with Crippen molar-refractivity contribution in [1.29, 1.82) is 0 Å². The molecule has 0 radical (unpaired) electrons. The quantitative estimate of drug-likeness (QED) is 0.557. The van der Waals surface area contributed by atoms with E-state index in [0.717, 1.165) is 0 Å². The number of hydrogen-bond donors (Lipinski definition) is 0. The first-order chi connectivity index (χ1) is 5.85. The molecule has 0 aliphatic rings. The second-order valence-electron chi connectivity index (χ2n) is 1.48. The fourth-order valence-electron chi connectivity index (χ4n) is 0.428. The standard InChI is InChI=1S/C6H15O3P.BrH.Cu/c1-4-7-10(8-5-2)9-6-3;;/h4-6H2,1-3H3;1H;/q;;+1/p-1. The van der Waals surface area contributed by atoms with E-state index < -0.39 is 8.60 Å². The van der Waals surface area contributed by atoms with Crippen molar-refractivity contribution in [1.82, 2.24) is 0 Å². The van der Waals surface area contributed by atoms with Gasteiger partial charge in [0, 0.05) is 0 Å². The Bertz CT molecular complexity index is 65.5. The van der Waals surface area contributed by atoms with Gasteiger partial charge in [0.2, 0.25) is 0 Å². The zero-order valence-corrected chi connectivity index (χ0v) is 10.9. The van der Waals surface area contributed by atoms with Crippen molar-refractivity contribution >= 4 is 22.7 Å². The van der Waals surface area contributed by atoms with Gasteiger partial charge in [-0.15, -0.1) is 0 Å². The Morgan fingerprint density at radius 2 is 1.17 bits per heavy atom. The Morgan fingerprint density at radius 1 is 0.917 bits per heavy atom. The van der Waals surface area contributed by atoms with E-state index in [9.17, 15) is 0 Å². The molecule has 0 aliphatic heterocycles. The third kappa shape index (κ3) is 11.3. The molecule has 0 amide bonds. The topological polar surface area (TPSA) is 27.7 Å². The summed E-state index contributed by atoms with van der Waals surface area (Å²) >= 11 is 6.50. The Kier molecular flexibility index (Phi) is 19.5. The second kappa shape index (κ2) is 14.8. The van der Waals surface area contributed by atoms with E-state index in [1.54, 1.807) is 0 Å². The summed E-state index contributed by atoms with van der Waals surface area (Å²) in [6.45, 7) is 7.71. The van der Waals surface area contributed by atoms with Crippen molar-refractivity contribution in [2.45, 2.75) is 20.8 Å². The second-order valence-corrected chi connectivity index (χ2v) is 2.70. The van der Waals surface area contributed by atoms with E-state index in [1.807, 2.05) is 20.8 Å². The van der Waals surface area contributed by atoms with Crippen LogP contribution in [0.3, 0.4) is 0 Å².